The SMILES string of the molecule is O=C(N/N=C\c1ccc(OCc2ccccc2)cc1)[C@H]1CN(S(=O)(=O)c2ccccc2)CCN1S(=O)(=O)c1ccccc1. The Kier molecular flexibility index (Phi) is 9.31. The molecular weight excluding hydrogens is 588 g/mol. The molecule has 0 radical (unpaired) electrons. The highest BCUT2D eigenvalue weighted by atomic mass is 32.2. The minimum atomic E-state index is -4.11. The summed E-state index contributed by atoms with van der Waals surface area (Å²) in [6.07, 6.45) is 1.41. The number of hydrogen-bond acceptors (Lipinski definition) is 7. The first-order valence-corrected chi connectivity index (χ1v) is 16.3. The summed E-state index contributed by atoms with van der Waals surface area (Å²) in [5.41, 5.74) is 4.10. The standard InChI is InChI=1S/C31H30N4O6S2/c36-31(33-32-22-25-16-18-27(19-17-25)41-24-26-10-4-1-5-11-26)30-23-34(42(37,38)28-12-6-2-7-13-28)20-21-35(30)43(39,40)29-14-8-3-9-15-29/h1-19,22,30H,20-21,23-24H2,(H,33,36)/b32-22-/t30-/m1/s1. The molecule has 1 heterocycles. The largest absolute Gasteiger partial charge is 0.489 e. The minimum Gasteiger partial charge on any atom is -0.489 e. The smallest absolute Gasteiger partial charge is 0.259 e. The fraction of sp³-hybridized carbons (Fsp3) is 0.161. The summed E-state index contributed by atoms with van der Waals surface area (Å²) in [4.78, 5) is 13.5. The number of ether oxygens (including phenoxy) is 1. The highest BCUT2D eigenvalue weighted by Crippen LogP contribution is 2.25. The molecule has 43 heavy (non-hydrogen) atoms. The van der Waals surface area contributed by atoms with Crippen molar-refractivity contribution in [2.75, 3.05) is 19.6 Å². The van der Waals surface area contributed by atoms with Crippen LogP contribution in [0.5, 0.6) is 5.75 Å². The van der Waals surface area contributed by atoms with Gasteiger partial charge in [0, 0.05) is 19.6 Å². The van der Waals surface area contributed by atoms with E-state index in [-0.39, 0.29) is 29.4 Å². The second-order valence-electron chi connectivity index (χ2n) is 9.70. The van der Waals surface area contributed by atoms with Crippen molar-refractivity contribution in [3.05, 3.63) is 126 Å². The van der Waals surface area contributed by atoms with Crippen molar-refractivity contribution >= 4 is 32.2 Å². The van der Waals surface area contributed by atoms with Gasteiger partial charge < -0.3 is 4.74 Å². The molecule has 1 atom stereocenters. The highest BCUT2D eigenvalue weighted by molar-refractivity contribution is 7.89. The van der Waals surface area contributed by atoms with Crippen LogP contribution in [0.3, 0.4) is 0 Å². The summed E-state index contributed by atoms with van der Waals surface area (Å²) in [5.74, 6) is -0.0970. The molecule has 12 heteroatoms. The van der Waals surface area contributed by atoms with Crippen molar-refractivity contribution in [3.8, 4) is 5.75 Å². The Morgan fingerprint density at radius 2 is 1.33 bits per heavy atom. The number of benzene rings is 4. The van der Waals surface area contributed by atoms with Crippen molar-refractivity contribution in [1.29, 1.82) is 0 Å². The molecule has 1 amide bonds. The fourth-order valence-corrected chi connectivity index (χ4v) is 7.62. The van der Waals surface area contributed by atoms with Gasteiger partial charge in [-0.25, -0.2) is 22.3 Å². The van der Waals surface area contributed by atoms with E-state index in [0.717, 1.165) is 14.2 Å². The molecule has 1 N–H and O–H groups in total. The van der Waals surface area contributed by atoms with E-state index in [1.807, 2.05) is 30.3 Å². The van der Waals surface area contributed by atoms with Crippen molar-refractivity contribution in [2.45, 2.75) is 22.4 Å². The van der Waals surface area contributed by atoms with Gasteiger partial charge in [-0.15, -0.1) is 0 Å². The number of hydrogen-bond donors (Lipinski definition) is 1. The molecule has 222 valence electrons. The van der Waals surface area contributed by atoms with Crippen molar-refractivity contribution in [3.63, 3.8) is 0 Å². The molecule has 4 aromatic carbocycles. The van der Waals surface area contributed by atoms with Crippen LogP contribution in [0, 0.1) is 0 Å². The predicted octanol–water partition coefficient (Wildman–Crippen LogP) is 3.48. The van der Waals surface area contributed by atoms with E-state index in [1.54, 1.807) is 60.7 Å². The van der Waals surface area contributed by atoms with E-state index in [1.165, 1.54) is 30.5 Å². The Balaban J connectivity index is 1.31. The van der Waals surface area contributed by atoms with Crippen LogP contribution in [0.4, 0.5) is 0 Å². The van der Waals surface area contributed by atoms with Gasteiger partial charge >= 0.3 is 0 Å². The molecule has 0 bridgehead atoms. The second kappa shape index (κ2) is 13.3. The Labute approximate surface area is 251 Å². The zero-order valence-electron chi connectivity index (χ0n) is 23.1. The number of amides is 1. The number of rotatable bonds is 10. The van der Waals surface area contributed by atoms with Crippen LogP contribution >= 0.6 is 0 Å². The van der Waals surface area contributed by atoms with Crippen LogP contribution in [-0.4, -0.2) is 63.2 Å². The molecule has 0 unspecified atom stereocenters. The molecule has 10 nitrogen and oxygen atoms in total. The van der Waals surface area contributed by atoms with Gasteiger partial charge in [0.1, 0.15) is 18.4 Å². The molecular formula is C31H30N4O6S2. The maximum atomic E-state index is 13.5. The molecule has 0 aliphatic carbocycles. The lowest BCUT2D eigenvalue weighted by Gasteiger charge is -2.38. The van der Waals surface area contributed by atoms with Gasteiger partial charge in [0.15, 0.2) is 0 Å². The van der Waals surface area contributed by atoms with Crippen LogP contribution in [0.1, 0.15) is 11.1 Å². The third kappa shape index (κ3) is 7.17. The normalized spacial score (nSPS) is 16.6. The molecule has 1 fully saturated rings. The first kappa shape index (κ1) is 30.1. The quantitative estimate of drug-likeness (QED) is 0.214. The van der Waals surface area contributed by atoms with Gasteiger partial charge in [0.2, 0.25) is 20.0 Å². The summed E-state index contributed by atoms with van der Waals surface area (Å²) >= 11 is 0. The second-order valence-corrected chi connectivity index (χ2v) is 13.5. The maximum absolute atomic E-state index is 13.5. The number of carbonyl (C=O) groups excluding carboxylic acids is 1. The Morgan fingerprint density at radius 3 is 1.93 bits per heavy atom. The molecule has 1 aliphatic heterocycles. The first-order chi connectivity index (χ1) is 20.7. The summed E-state index contributed by atoms with van der Waals surface area (Å²) in [6.45, 7) is -0.284. The van der Waals surface area contributed by atoms with E-state index >= 15 is 0 Å². The van der Waals surface area contributed by atoms with Crippen LogP contribution in [0.25, 0.3) is 0 Å². The van der Waals surface area contributed by atoms with Gasteiger partial charge in [-0.05, 0) is 59.7 Å². The van der Waals surface area contributed by atoms with E-state index in [4.69, 9.17) is 4.74 Å². The number of nitrogens with one attached hydrogen (secondary N) is 1. The van der Waals surface area contributed by atoms with Gasteiger partial charge in [-0.3, -0.25) is 4.79 Å². The van der Waals surface area contributed by atoms with Crippen molar-refractivity contribution in [1.82, 2.24) is 14.0 Å². The van der Waals surface area contributed by atoms with E-state index in [0.29, 0.717) is 17.9 Å². The van der Waals surface area contributed by atoms with Gasteiger partial charge in [-0.2, -0.15) is 13.7 Å². The number of sulfonamides is 2. The number of piperazine rings is 1. The summed E-state index contributed by atoms with van der Waals surface area (Å²) < 4.78 is 61.6. The van der Waals surface area contributed by atoms with Crippen molar-refractivity contribution in [2.24, 2.45) is 5.10 Å². The Bertz CT molecular complexity index is 1770. The summed E-state index contributed by atoms with van der Waals surface area (Å²) in [7, 11) is -8.08. The zero-order valence-corrected chi connectivity index (χ0v) is 24.7. The Morgan fingerprint density at radius 1 is 0.767 bits per heavy atom. The predicted molar refractivity (Wildman–Crippen MR) is 162 cm³/mol. The molecule has 5 rings (SSSR count). The highest BCUT2D eigenvalue weighted by Gasteiger charge is 2.43. The third-order valence-electron chi connectivity index (χ3n) is 6.84. The van der Waals surface area contributed by atoms with Gasteiger partial charge in [0.05, 0.1) is 16.0 Å². The topological polar surface area (TPSA) is 125 Å². The lowest BCUT2D eigenvalue weighted by atomic mass is 10.2. The number of carbonyl (C=O) groups is 1. The monoisotopic (exact) mass is 618 g/mol. The lowest BCUT2D eigenvalue weighted by Crippen LogP contribution is -2.60. The minimum absolute atomic E-state index is 0.00485. The third-order valence-corrected chi connectivity index (χ3v) is 10.6. The average Bonchev–Trinajstić information content (AvgIpc) is 3.05. The van der Waals surface area contributed by atoms with E-state index < -0.39 is 32.0 Å². The van der Waals surface area contributed by atoms with E-state index in [2.05, 4.69) is 10.5 Å². The Hall–Kier alpha value is -4.36. The lowest BCUT2D eigenvalue weighted by molar-refractivity contribution is -0.125. The summed E-state index contributed by atoms with van der Waals surface area (Å²) in [5, 5.41) is 4.02. The van der Waals surface area contributed by atoms with Crippen LogP contribution in [0.15, 0.2) is 130 Å². The molecule has 0 aromatic heterocycles. The van der Waals surface area contributed by atoms with Crippen LogP contribution in [-0.2, 0) is 31.4 Å². The van der Waals surface area contributed by atoms with E-state index in [9.17, 15) is 21.6 Å². The zero-order chi connectivity index (χ0) is 30.3. The number of nitrogens with zero attached hydrogens (tertiary/aromatic N) is 3. The number of hydrazone groups is 1. The van der Waals surface area contributed by atoms with Crippen LogP contribution in [0.2, 0.25) is 0 Å². The maximum Gasteiger partial charge on any atom is 0.259 e. The molecule has 0 spiro atoms. The average molecular weight is 619 g/mol. The van der Waals surface area contributed by atoms with Crippen molar-refractivity contribution < 1.29 is 26.4 Å². The van der Waals surface area contributed by atoms with Gasteiger partial charge in [-0.1, -0.05) is 66.7 Å². The molecule has 0 saturated carbocycles. The van der Waals surface area contributed by atoms with Gasteiger partial charge in [0.25, 0.3) is 5.91 Å². The molecule has 1 aliphatic rings. The fourth-order valence-electron chi connectivity index (χ4n) is 4.57. The molecule has 4 aromatic rings. The van der Waals surface area contributed by atoms with Crippen LogP contribution < -0.4 is 10.2 Å². The molecule has 1 saturated heterocycles. The first-order valence-electron chi connectivity index (χ1n) is 13.5. The summed E-state index contributed by atoms with van der Waals surface area (Å²) in [6, 6.07) is 31.0.